The summed E-state index contributed by atoms with van der Waals surface area (Å²) in [5.41, 5.74) is 4.39. The van der Waals surface area contributed by atoms with Gasteiger partial charge in [0.05, 0.1) is 31.0 Å². The number of carbonyl (C=O) groups is 1. The summed E-state index contributed by atoms with van der Waals surface area (Å²) in [7, 11) is 1.54. The summed E-state index contributed by atoms with van der Waals surface area (Å²) < 4.78 is 11.0. The van der Waals surface area contributed by atoms with Gasteiger partial charge in [0.2, 0.25) is 5.88 Å². The number of hydrogen-bond donors (Lipinski definition) is 1. The summed E-state index contributed by atoms with van der Waals surface area (Å²) in [6.07, 6.45) is 5.54. The van der Waals surface area contributed by atoms with Crippen molar-refractivity contribution >= 4 is 23.0 Å². The van der Waals surface area contributed by atoms with E-state index >= 15 is 0 Å². The van der Waals surface area contributed by atoms with Crippen molar-refractivity contribution < 1.29 is 14.3 Å². The maximum Gasteiger partial charge on any atom is 0.271 e. The van der Waals surface area contributed by atoms with Crippen molar-refractivity contribution in [1.82, 2.24) is 15.4 Å². The van der Waals surface area contributed by atoms with Crippen LogP contribution in [0.5, 0.6) is 11.6 Å². The molecule has 1 amide bonds. The summed E-state index contributed by atoms with van der Waals surface area (Å²) in [6.45, 7) is 2.72. The van der Waals surface area contributed by atoms with Gasteiger partial charge in [-0.2, -0.15) is 5.10 Å². The van der Waals surface area contributed by atoms with Crippen molar-refractivity contribution in [2.45, 2.75) is 13.3 Å². The number of methoxy groups -OCH3 is 1. The first-order chi connectivity index (χ1) is 13.2. The molecule has 0 atom stereocenters. The highest BCUT2D eigenvalue weighted by Crippen LogP contribution is 2.24. The quantitative estimate of drug-likeness (QED) is 0.514. The number of pyridine rings is 2. The molecule has 0 aliphatic carbocycles. The summed E-state index contributed by atoms with van der Waals surface area (Å²) in [6, 6.07) is 10.8. The molecule has 0 radical (unpaired) electrons. The molecule has 0 saturated carbocycles. The lowest BCUT2D eigenvalue weighted by atomic mass is 10.1. The van der Waals surface area contributed by atoms with Crippen molar-refractivity contribution in [3.63, 3.8) is 0 Å². The van der Waals surface area contributed by atoms with Gasteiger partial charge in [-0.3, -0.25) is 9.78 Å². The number of benzene rings is 1. The van der Waals surface area contributed by atoms with Gasteiger partial charge in [-0.05, 0) is 42.8 Å². The fourth-order valence-corrected chi connectivity index (χ4v) is 2.45. The molecule has 0 saturated heterocycles. The molecule has 0 unspecified atom stereocenters. The number of aromatic nitrogens is 2. The van der Waals surface area contributed by atoms with E-state index in [1.807, 2.05) is 24.3 Å². The van der Waals surface area contributed by atoms with E-state index in [0.29, 0.717) is 23.6 Å². The fourth-order valence-electron chi connectivity index (χ4n) is 2.45. The topological polar surface area (TPSA) is 85.7 Å². The third-order valence-corrected chi connectivity index (χ3v) is 3.76. The number of carbonyl (C=O) groups excluding carboxylic acids is 1. The Labute approximate surface area is 157 Å². The molecule has 7 nitrogen and oxygen atoms in total. The molecular weight excluding hydrogens is 344 g/mol. The molecule has 3 aromatic rings. The molecule has 0 spiro atoms. The summed E-state index contributed by atoms with van der Waals surface area (Å²) in [4.78, 5) is 20.4. The first kappa shape index (κ1) is 18.3. The second-order valence-corrected chi connectivity index (χ2v) is 5.72. The van der Waals surface area contributed by atoms with Crippen molar-refractivity contribution in [3.05, 3.63) is 59.9 Å². The third kappa shape index (κ3) is 4.58. The Morgan fingerprint density at radius 2 is 2.04 bits per heavy atom. The Bertz CT molecular complexity index is 958. The zero-order valence-electron chi connectivity index (χ0n) is 15.2. The van der Waals surface area contributed by atoms with E-state index in [2.05, 4.69) is 27.4 Å². The maximum absolute atomic E-state index is 12.0. The van der Waals surface area contributed by atoms with Crippen LogP contribution < -0.4 is 14.9 Å². The molecule has 0 aliphatic heterocycles. The second kappa shape index (κ2) is 8.75. The van der Waals surface area contributed by atoms with Gasteiger partial charge in [0.25, 0.3) is 5.91 Å². The molecular formula is C20H20N4O3. The van der Waals surface area contributed by atoms with Crippen LogP contribution in [-0.4, -0.2) is 35.8 Å². The van der Waals surface area contributed by atoms with E-state index < -0.39 is 0 Å². The number of fused-ring (bicyclic) bond motifs is 1. The van der Waals surface area contributed by atoms with E-state index in [1.165, 1.54) is 6.21 Å². The number of ether oxygens (including phenoxy) is 2. The van der Waals surface area contributed by atoms with Crippen molar-refractivity contribution in [1.29, 1.82) is 0 Å². The Kier molecular flexibility index (Phi) is 5.94. The largest absolute Gasteiger partial charge is 0.494 e. The molecule has 27 heavy (non-hydrogen) atoms. The lowest BCUT2D eigenvalue weighted by Gasteiger charge is -2.08. The lowest BCUT2D eigenvalue weighted by Crippen LogP contribution is -2.17. The van der Waals surface area contributed by atoms with Gasteiger partial charge in [0.15, 0.2) is 0 Å². The molecule has 1 aromatic carbocycles. The summed E-state index contributed by atoms with van der Waals surface area (Å²) >= 11 is 0. The van der Waals surface area contributed by atoms with Gasteiger partial charge in [0, 0.05) is 23.3 Å². The van der Waals surface area contributed by atoms with Crippen LogP contribution >= 0.6 is 0 Å². The SMILES string of the molecule is CCCOc1ccc2nc(OC)c(/C=N/NC(=O)c3ccncc3)cc2c1. The summed E-state index contributed by atoms with van der Waals surface area (Å²) in [5, 5.41) is 4.90. The molecule has 138 valence electrons. The van der Waals surface area contributed by atoms with Crippen LogP contribution in [0.1, 0.15) is 29.3 Å². The van der Waals surface area contributed by atoms with Crippen LogP contribution in [0, 0.1) is 0 Å². The highest BCUT2D eigenvalue weighted by Gasteiger charge is 2.08. The zero-order valence-corrected chi connectivity index (χ0v) is 15.2. The van der Waals surface area contributed by atoms with Gasteiger partial charge in [0.1, 0.15) is 5.75 Å². The maximum atomic E-state index is 12.0. The van der Waals surface area contributed by atoms with Crippen molar-refractivity contribution in [2.75, 3.05) is 13.7 Å². The Morgan fingerprint density at radius 1 is 1.22 bits per heavy atom. The van der Waals surface area contributed by atoms with Crippen LogP contribution in [-0.2, 0) is 0 Å². The number of rotatable bonds is 7. The van der Waals surface area contributed by atoms with Gasteiger partial charge in [-0.1, -0.05) is 6.92 Å². The molecule has 0 fully saturated rings. The van der Waals surface area contributed by atoms with E-state index in [1.54, 1.807) is 31.6 Å². The van der Waals surface area contributed by atoms with Crippen molar-refractivity contribution in [3.8, 4) is 11.6 Å². The molecule has 0 bridgehead atoms. The normalized spacial score (nSPS) is 10.9. The standard InChI is InChI=1S/C20H20N4O3/c1-3-10-27-17-4-5-18-15(12-17)11-16(20(23-18)26-2)13-22-24-19(25)14-6-8-21-9-7-14/h4-9,11-13H,3,10H2,1-2H3,(H,24,25)/b22-13+. The van der Waals surface area contributed by atoms with Crippen LogP contribution in [0.3, 0.4) is 0 Å². The van der Waals surface area contributed by atoms with Crippen LogP contribution in [0.2, 0.25) is 0 Å². The second-order valence-electron chi connectivity index (χ2n) is 5.72. The number of hydrogen-bond acceptors (Lipinski definition) is 6. The lowest BCUT2D eigenvalue weighted by molar-refractivity contribution is 0.0955. The van der Waals surface area contributed by atoms with E-state index in [9.17, 15) is 4.79 Å². The Hall–Kier alpha value is -3.48. The number of amides is 1. The predicted molar refractivity (Wildman–Crippen MR) is 103 cm³/mol. The predicted octanol–water partition coefficient (Wildman–Crippen LogP) is 3.19. The highest BCUT2D eigenvalue weighted by molar-refractivity contribution is 5.95. The molecule has 7 heteroatoms. The molecule has 1 N–H and O–H groups in total. The van der Waals surface area contributed by atoms with E-state index in [-0.39, 0.29) is 5.91 Å². The van der Waals surface area contributed by atoms with Crippen LogP contribution in [0.4, 0.5) is 0 Å². The average molecular weight is 364 g/mol. The minimum atomic E-state index is -0.323. The number of nitrogens with zero attached hydrogens (tertiary/aromatic N) is 3. The van der Waals surface area contributed by atoms with Gasteiger partial charge in [-0.15, -0.1) is 0 Å². The van der Waals surface area contributed by atoms with Gasteiger partial charge in [-0.25, -0.2) is 10.4 Å². The summed E-state index contributed by atoms with van der Waals surface area (Å²) in [5.74, 6) is 0.883. The minimum absolute atomic E-state index is 0.323. The Balaban J connectivity index is 1.82. The van der Waals surface area contributed by atoms with Crippen LogP contribution in [0.25, 0.3) is 10.9 Å². The average Bonchev–Trinajstić information content (AvgIpc) is 2.72. The monoisotopic (exact) mass is 364 g/mol. The minimum Gasteiger partial charge on any atom is -0.494 e. The third-order valence-electron chi connectivity index (χ3n) is 3.76. The van der Waals surface area contributed by atoms with Crippen molar-refractivity contribution in [2.24, 2.45) is 5.10 Å². The smallest absolute Gasteiger partial charge is 0.271 e. The Morgan fingerprint density at radius 3 is 2.78 bits per heavy atom. The molecule has 2 aromatic heterocycles. The first-order valence-electron chi connectivity index (χ1n) is 8.56. The first-order valence-corrected chi connectivity index (χ1v) is 8.56. The molecule has 3 rings (SSSR count). The molecule has 0 aliphatic rings. The zero-order chi connectivity index (χ0) is 19.1. The van der Waals surface area contributed by atoms with E-state index in [4.69, 9.17) is 9.47 Å². The van der Waals surface area contributed by atoms with Gasteiger partial charge < -0.3 is 9.47 Å². The van der Waals surface area contributed by atoms with Gasteiger partial charge >= 0.3 is 0 Å². The van der Waals surface area contributed by atoms with E-state index in [0.717, 1.165) is 23.1 Å². The fraction of sp³-hybridized carbons (Fsp3) is 0.200. The number of hydrazone groups is 1. The molecule has 2 heterocycles. The number of nitrogens with one attached hydrogen (secondary N) is 1. The van der Waals surface area contributed by atoms with Crippen LogP contribution in [0.15, 0.2) is 53.9 Å². The highest BCUT2D eigenvalue weighted by atomic mass is 16.5.